The van der Waals surface area contributed by atoms with E-state index in [0.717, 1.165) is 29.7 Å². The number of thioether (sulfide) groups is 1. The maximum Gasteiger partial charge on any atom is 0.310 e. The summed E-state index contributed by atoms with van der Waals surface area (Å²) in [6, 6.07) is 5.26. The third-order valence-electron chi connectivity index (χ3n) is 8.34. The molecule has 7 nitrogen and oxygen atoms in total. The second-order valence-electron chi connectivity index (χ2n) is 10.8. The third-order valence-corrected chi connectivity index (χ3v) is 10.4. The molecule has 1 aromatic carbocycles. The van der Waals surface area contributed by atoms with Gasteiger partial charge in [0.2, 0.25) is 5.91 Å². The SMILES string of the molecule is C=CCCCOC(=O)[C@@H]1[C@H]2C(=O)N(CCCO)C(C(=O)N(CC=C)c3cc(C)ccc3C)C23S[C@@H]1CC3C. The van der Waals surface area contributed by atoms with E-state index in [2.05, 4.69) is 20.1 Å². The number of ether oxygens (including phenoxy) is 1. The maximum absolute atomic E-state index is 14.6. The second-order valence-corrected chi connectivity index (χ2v) is 12.3. The maximum atomic E-state index is 14.6. The number of unbranched alkanes of at least 4 members (excludes halogenated alkanes) is 1. The Balaban J connectivity index is 1.75. The summed E-state index contributed by atoms with van der Waals surface area (Å²) in [7, 11) is 0. The molecule has 38 heavy (non-hydrogen) atoms. The molecule has 3 aliphatic heterocycles. The van der Waals surface area contributed by atoms with Gasteiger partial charge in [-0.15, -0.1) is 24.9 Å². The fourth-order valence-electron chi connectivity index (χ4n) is 6.64. The zero-order valence-corrected chi connectivity index (χ0v) is 23.5. The summed E-state index contributed by atoms with van der Waals surface area (Å²) in [5.74, 6) is -1.81. The first kappa shape index (κ1) is 28.4. The van der Waals surface area contributed by atoms with Gasteiger partial charge in [0.25, 0.3) is 5.91 Å². The van der Waals surface area contributed by atoms with Gasteiger partial charge in [-0.2, -0.15) is 0 Å². The molecule has 0 aromatic heterocycles. The van der Waals surface area contributed by atoms with Crippen molar-refractivity contribution in [3.8, 4) is 0 Å². The van der Waals surface area contributed by atoms with E-state index in [1.54, 1.807) is 33.7 Å². The van der Waals surface area contributed by atoms with Crippen molar-refractivity contribution in [3.05, 3.63) is 54.6 Å². The van der Waals surface area contributed by atoms with Crippen LogP contribution in [-0.4, -0.2) is 70.1 Å². The first-order chi connectivity index (χ1) is 18.2. The average molecular weight is 541 g/mol. The summed E-state index contributed by atoms with van der Waals surface area (Å²) in [4.78, 5) is 45.4. The summed E-state index contributed by atoms with van der Waals surface area (Å²) in [5.41, 5.74) is 2.79. The second kappa shape index (κ2) is 11.7. The molecule has 3 aliphatic rings. The lowest BCUT2D eigenvalue weighted by Gasteiger charge is -2.40. The standard InChI is InChI=1S/C30H40N2O5S/c1-6-8-9-16-37-29(36)24-23-18-21(5)30(38-23)25(24)27(34)32(14-10-15-33)26(30)28(35)31(13-7-2)22-17-19(3)11-12-20(22)4/h6-7,11-12,17,21,23-26,33H,1-2,8-10,13-16,18H2,3-5H3/t21?,23-,24+,25+,26?,30?/m1/s1. The van der Waals surface area contributed by atoms with Gasteiger partial charge in [-0.05, 0) is 62.6 Å². The number of benzene rings is 1. The quantitative estimate of drug-likeness (QED) is 0.245. The smallest absolute Gasteiger partial charge is 0.310 e. The topological polar surface area (TPSA) is 87.1 Å². The highest BCUT2D eigenvalue weighted by molar-refractivity contribution is 8.02. The van der Waals surface area contributed by atoms with Gasteiger partial charge in [-0.1, -0.05) is 31.2 Å². The van der Waals surface area contributed by atoms with Crippen LogP contribution in [0.5, 0.6) is 0 Å². The molecule has 3 saturated heterocycles. The molecule has 6 atom stereocenters. The largest absolute Gasteiger partial charge is 0.465 e. The molecule has 1 N–H and O–H groups in total. The van der Waals surface area contributed by atoms with Crippen LogP contribution in [-0.2, 0) is 19.1 Å². The number of carbonyl (C=O) groups is 3. The number of nitrogens with zero attached hydrogens (tertiary/aromatic N) is 2. The van der Waals surface area contributed by atoms with E-state index < -0.39 is 22.6 Å². The van der Waals surface area contributed by atoms with Crippen LogP contribution in [0.15, 0.2) is 43.5 Å². The van der Waals surface area contributed by atoms with E-state index in [0.29, 0.717) is 26.0 Å². The van der Waals surface area contributed by atoms with E-state index in [9.17, 15) is 19.5 Å². The molecular formula is C30H40N2O5S. The van der Waals surface area contributed by atoms with Crippen molar-refractivity contribution < 1.29 is 24.2 Å². The molecular weight excluding hydrogens is 500 g/mol. The van der Waals surface area contributed by atoms with Gasteiger partial charge in [0.1, 0.15) is 6.04 Å². The first-order valence-corrected chi connectivity index (χ1v) is 14.5. The van der Waals surface area contributed by atoms with Crippen LogP contribution in [0.3, 0.4) is 0 Å². The van der Waals surface area contributed by atoms with Crippen molar-refractivity contribution in [2.45, 2.75) is 62.5 Å². The van der Waals surface area contributed by atoms with Crippen molar-refractivity contribution in [2.75, 3.05) is 31.2 Å². The van der Waals surface area contributed by atoms with Gasteiger partial charge in [0.05, 0.1) is 23.2 Å². The van der Waals surface area contributed by atoms with Crippen molar-refractivity contribution >= 4 is 35.2 Å². The molecule has 0 saturated carbocycles. The average Bonchev–Trinajstić information content (AvgIpc) is 3.48. The van der Waals surface area contributed by atoms with Gasteiger partial charge >= 0.3 is 5.97 Å². The van der Waals surface area contributed by atoms with E-state index in [1.165, 1.54) is 0 Å². The first-order valence-electron chi connectivity index (χ1n) is 13.6. The minimum absolute atomic E-state index is 0.0605. The van der Waals surface area contributed by atoms with Gasteiger partial charge in [0.15, 0.2) is 0 Å². The minimum Gasteiger partial charge on any atom is -0.465 e. The lowest BCUT2D eigenvalue weighted by atomic mass is 9.66. The monoisotopic (exact) mass is 540 g/mol. The summed E-state index contributed by atoms with van der Waals surface area (Å²) in [6.07, 6.45) is 6.05. The predicted octanol–water partition coefficient (Wildman–Crippen LogP) is 4.05. The fraction of sp³-hybridized carbons (Fsp3) is 0.567. The highest BCUT2D eigenvalue weighted by Gasteiger charge is 2.76. The highest BCUT2D eigenvalue weighted by Crippen LogP contribution is 2.68. The summed E-state index contributed by atoms with van der Waals surface area (Å²) in [5, 5.41) is 9.55. The number of amides is 2. The number of aliphatic hydroxyl groups is 1. The Hall–Kier alpha value is -2.58. The summed E-state index contributed by atoms with van der Waals surface area (Å²) < 4.78 is 4.92. The van der Waals surface area contributed by atoms with Crippen LogP contribution in [0, 0.1) is 31.6 Å². The lowest BCUT2D eigenvalue weighted by Crippen LogP contribution is -2.57. The van der Waals surface area contributed by atoms with E-state index >= 15 is 0 Å². The Bertz CT molecular complexity index is 1110. The van der Waals surface area contributed by atoms with Crippen LogP contribution < -0.4 is 4.90 Å². The van der Waals surface area contributed by atoms with Gasteiger partial charge in [-0.3, -0.25) is 14.4 Å². The number of esters is 1. The number of anilines is 1. The van der Waals surface area contributed by atoms with Crippen molar-refractivity contribution in [1.82, 2.24) is 4.90 Å². The van der Waals surface area contributed by atoms with Crippen molar-refractivity contribution in [2.24, 2.45) is 17.8 Å². The Labute approximate surface area is 230 Å². The molecule has 3 heterocycles. The number of rotatable bonds is 12. The number of carbonyl (C=O) groups excluding carboxylic acids is 3. The third kappa shape index (κ3) is 4.70. The number of fused-ring (bicyclic) bond motifs is 1. The molecule has 8 heteroatoms. The fourth-order valence-corrected chi connectivity index (χ4v) is 9.04. The Kier molecular flexibility index (Phi) is 8.72. The number of hydrogen-bond donors (Lipinski definition) is 1. The number of hydrogen-bond acceptors (Lipinski definition) is 6. The normalized spacial score (nSPS) is 29.3. The zero-order valence-electron chi connectivity index (χ0n) is 22.7. The summed E-state index contributed by atoms with van der Waals surface area (Å²) >= 11 is 1.64. The van der Waals surface area contributed by atoms with Crippen LogP contribution in [0.2, 0.25) is 0 Å². The van der Waals surface area contributed by atoms with Crippen LogP contribution in [0.25, 0.3) is 0 Å². The minimum atomic E-state index is -0.741. The molecule has 0 radical (unpaired) electrons. The molecule has 3 unspecified atom stereocenters. The molecule has 0 aliphatic carbocycles. The number of allylic oxidation sites excluding steroid dienone is 1. The Morgan fingerprint density at radius 2 is 2.03 bits per heavy atom. The zero-order chi connectivity index (χ0) is 27.6. The van der Waals surface area contributed by atoms with Crippen LogP contribution in [0.1, 0.15) is 43.7 Å². The number of aliphatic hydroxyl groups excluding tert-OH is 1. The van der Waals surface area contributed by atoms with Crippen molar-refractivity contribution in [1.29, 1.82) is 0 Å². The lowest BCUT2D eigenvalue weighted by molar-refractivity contribution is -0.154. The number of aryl methyl sites for hydroxylation is 2. The van der Waals surface area contributed by atoms with Gasteiger partial charge < -0.3 is 19.6 Å². The molecule has 2 amide bonds. The van der Waals surface area contributed by atoms with Crippen LogP contribution >= 0.6 is 11.8 Å². The van der Waals surface area contributed by atoms with E-state index in [4.69, 9.17) is 4.74 Å². The van der Waals surface area contributed by atoms with Crippen LogP contribution in [0.4, 0.5) is 5.69 Å². The summed E-state index contributed by atoms with van der Waals surface area (Å²) in [6.45, 7) is 14.4. The molecule has 1 aromatic rings. The number of likely N-dealkylation sites (tertiary alicyclic amines) is 1. The predicted molar refractivity (Wildman–Crippen MR) is 151 cm³/mol. The van der Waals surface area contributed by atoms with Gasteiger partial charge in [-0.25, -0.2) is 0 Å². The van der Waals surface area contributed by atoms with E-state index in [1.807, 2.05) is 32.0 Å². The molecule has 206 valence electrons. The van der Waals surface area contributed by atoms with Gasteiger partial charge in [0, 0.05) is 30.6 Å². The molecule has 2 bridgehead atoms. The molecule has 1 spiro atoms. The van der Waals surface area contributed by atoms with E-state index in [-0.39, 0.29) is 42.1 Å². The highest BCUT2D eigenvalue weighted by atomic mass is 32.2. The Morgan fingerprint density at radius 1 is 1.26 bits per heavy atom. The molecule has 3 fully saturated rings. The Morgan fingerprint density at radius 3 is 2.71 bits per heavy atom. The van der Waals surface area contributed by atoms with Crippen molar-refractivity contribution in [3.63, 3.8) is 0 Å². The molecule has 4 rings (SSSR count).